The molecule has 0 aliphatic rings. The van der Waals surface area contributed by atoms with Crippen LogP contribution in [0.5, 0.6) is 0 Å². The maximum atomic E-state index is 12.3. The number of furan rings is 1. The Morgan fingerprint density at radius 3 is 2.57 bits per heavy atom. The van der Waals surface area contributed by atoms with E-state index in [1.807, 2.05) is 0 Å². The van der Waals surface area contributed by atoms with Crippen LogP contribution in [0, 0.1) is 6.92 Å². The highest BCUT2D eigenvalue weighted by Gasteiger charge is 2.23. The number of hydrogen-bond acceptors (Lipinski definition) is 5. The smallest absolute Gasteiger partial charge is 0.337 e. The number of aromatic carboxylic acids is 1. The minimum Gasteiger partial charge on any atom is -0.478 e. The molecule has 0 atom stereocenters. The fraction of sp³-hybridized carbons (Fsp3) is 0.231. The van der Waals surface area contributed by atoms with E-state index in [1.54, 1.807) is 13.0 Å². The van der Waals surface area contributed by atoms with Crippen molar-refractivity contribution in [2.75, 3.05) is 7.05 Å². The van der Waals surface area contributed by atoms with Crippen LogP contribution in [0.4, 0.5) is 0 Å². The van der Waals surface area contributed by atoms with E-state index in [4.69, 9.17) is 9.52 Å². The molecule has 2 aromatic rings. The number of rotatable bonds is 5. The van der Waals surface area contributed by atoms with Gasteiger partial charge in [0.2, 0.25) is 0 Å². The number of sulfonamides is 1. The Morgan fingerprint density at radius 2 is 2.10 bits per heavy atom. The van der Waals surface area contributed by atoms with Gasteiger partial charge in [-0.25, -0.2) is 18.2 Å². The number of carboxylic acids is 1. The van der Waals surface area contributed by atoms with Gasteiger partial charge < -0.3 is 9.52 Å². The van der Waals surface area contributed by atoms with E-state index in [0.717, 1.165) is 16.1 Å². The van der Waals surface area contributed by atoms with Crippen molar-refractivity contribution in [2.24, 2.45) is 0 Å². The van der Waals surface area contributed by atoms with Crippen LogP contribution < -0.4 is 0 Å². The molecule has 0 saturated heterocycles. The summed E-state index contributed by atoms with van der Waals surface area (Å²) in [6.07, 6.45) is 2.51. The highest BCUT2D eigenvalue weighted by Crippen LogP contribution is 2.17. The number of pyridine rings is 1. The quantitative estimate of drug-likeness (QED) is 0.898. The minimum absolute atomic E-state index is 0.0673. The van der Waals surface area contributed by atoms with Crippen molar-refractivity contribution in [1.29, 1.82) is 0 Å². The molecule has 0 fully saturated rings. The minimum atomic E-state index is -3.79. The van der Waals surface area contributed by atoms with Crippen molar-refractivity contribution < 1.29 is 22.7 Å². The Kier molecular flexibility index (Phi) is 4.10. The third kappa shape index (κ3) is 3.11. The van der Waals surface area contributed by atoms with Crippen LogP contribution in [-0.2, 0) is 16.6 Å². The lowest BCUT2D eigenvalue weighted by Crippen LogP contribution is -2.27. The standard InChI is InChI=1S/C13H14N2O5S/c1-9-11(5-6-20-9)8-15(2)21(18,19)12-4-3-10(7-14-12)13(16)17/h3-7H,8H2,1-2H3,(H,16,17). The number of hydrogen-bond donors (Lipinski definition) is 1. The summed E-state index contributed by atoms with van der Waals surface area (Å²) in [4.78, 5) is 14.4. The predicted octanol–water partition coefficient (Wildman–Crippen LogP) is 1.50. The van der Waals surface area contributed by atoms with Gasteiger partial charge in [0.25, 0.3) is 10.0 Å². The summed E-state index contributed by atoms with van der Waals surface area (Å²) in [7, 11) is -2.36. The van der Waals surface area contributed by atoms with Gasteiger partial charge in [0, 0.05) is 25.4 Å². The predicted molar refractivity (Wildman–Crippen MR) is 73.3 cm³/mol. The van der Waals surface area contributed by atoms with Crippen LogP contribution in [0.25, 0.3) is 0 Å². The Morgan fingerprint density at radius 1 is 1.38 bits per heavy atom. The molecule has 0 radical (unpaired) electrons. The number of nitrogens with zero attached hydrogens (tertiary/aromatic N) is 2. The highest BCUT2D eigenvalue weighted by atomic mass is 32.2. The van der Waals surface area contributed by atoms with Gasteiger partial charge in [-0.05, 0) is 25.1 Å². The summed E-state index contributed by atoms with van der Waals surface area (Å²) < 4.78 is 30.9. The van der Waals surface area contributed by atoms with Crippen LogP contribution in [0.1, 0.15) is 21.7 Å². The molecule has 0 aliphatic heterocycles. The van der Waals surface area contributed by atoms with Gasteiger partial charge in [-0.15, -0.1) is 0 Å². The first-order valence-electron chi connectivity index (χ1n) is 6.01. The molecule has 0 bridgehead atoms. The van der Waals surface area contributed by atoms with Crippen molar-refractivity contribution in [3.63, 3.8) is 0 Å². The third-order valence-corrected chi connectivity index (χ3v) is 4.74. The highest BCUT2D eigenvalue weighted by molar-refractivity contribution is 7.89. The molecular weight excluding hydrogens is 296 g/mol. The number of aryl methyl sites for hydroxylation is 1. The summed E-state index contributed by atoms with van der Waals surface area (Å²) in [6.45, 7) is 1.89. The fourth-order valence-electron chi connectivity index (χ4n) is 1.72. The van der Waals surface area contributed by atoms with Crippen LogP contribution in [-0.4, -0.2) is 35.8 Å². The molecule has 0 aromatic carbocycles. The van der Waals surface area contributed by atoms with Crippen LogP contribution in [0.2, 0.25) is 0 Å². The summed E-state index contributed by atoms with van der Waals surface area (Å²) in [5, 5.41) is 8.58. The molecule has 0 spiro atoms. The maximum Gasteiger partial charge on any atom is 0.337 e. The molecule has 0 amide bonds. The Balaban J connectivity index is 2.24. The average Bonchev–Trinajstić information content (AvgIpc) is 2.84. The molecule has 2 heterocycles. The molecular formula is C13H14N2O5S. The van der Waals surface area contributed by atoms with Gasteiger partial charge in [-0.1, -0.05) is 0 Å². The van der Waals surface area contributed by atoms with E-state index in [0.29, 0.717) is 5.76 Å². The fourth-order valence-corrected chi connectivity index (χ4v) is 2.77. The van der Waals surface area contributed by atoms with Gasteiger partial charge >= 0.3 is 5.97 Å². The molecule has 0 unspecified atom stereocenters. The summed E-state index contributed by atoms with van der Waals surface area (Å²) in [6, 6.07) is 4.08. The first kappa shape index (κ1) is 15.2. The zero-order chi connectivity index (χ0) is 15.6. The zero-order valence-corrected chi connectivity index (χ0v) is 12.3. The van der Waals surface area contributed by atoms with Crippen LogP contribution in [0.3, 0.4) is 0 Å². The molecule has 21 heavy (non-hydrogen) atoms. The van der Waals surface area contributed by atoms with Gasteiger partial charge in [-0.2, -0.15) is 4.31 Å². The van der Waals surface area contributed by atoms with E-state index in [9.17, 15) is 13.2 Å². The third-order valence-electron chi connectivity index (χ3n) is 3.02. The Bertz CT molecular complexity index is 749. The maximum absolute atomic E-state index is 12.3. The molecule has 0 aliphatic carbocycles. The lowest BCUT2D eigenvalue weighted by molar-refractivity contribution is 0.0696. The second-order valence-electron chi connectivity index (χ2n) is 4.45. The normalized spacial score (nSPS) is 11.8. The Labute approximate surface area is 121 Å². The van der Waals surface area contributed by atoms with E-state index in [-0.39, 0.29) is 17.1 Å². The lowest BCUT2D eigenvalue weighted by atomic mass is 10.3. The zero-order valence-electron chi connectivity index (χ0n) is 11.5. The van der Waals surface area contributed by atoms with Gasteiger partial charge in [0.1, 0.15) is 5.76 Å². The van der Waals surface area contributed by atoms with E-state index in [2.05, 4.69) is 4.98 Å². The van der Waals surface area contributed by atoms with Crippen LogP contribution >= 0.6 is 0 Å². The summed E-state index contributed by atoms with van der Waals surface area (Å²) in [5.74, 6) is -0.514. The van der Waals surface area contributed by atoms with Gasteiger partial charge in [0.05, 0.1) is 11.8 Å². The SMILES string of the molecule is Cc1occc1CN(C)S(=O)(=O)c1ccc(C(=O)O)cn1. The first-order chi connectivity index (χ1) is 9.82. The Hall–Kier alpha value is -2.19. The summed E-state index contributed by atoms with van der Waals surface area (Å²) in [5.41, 5.74) is 0.686. The monoisotopic (exact) mass is 310 g/mol. The van der Waals surface area contributed by atoms with E-state index < -0.39 is 16.0 Å². The summed E-state index contributed by atoms with van der Waals surface area (Å²) >= 11 is 0. The van der Waals surface area contributed by atoms with Crippen molar-refractivity contribution in [3.05, 3.63) is 47.5 Å². The molecule has 2 rings (SSSR count). The molecule has 2 aromatic heterocycles. The second kappa shape index (κ2) is 5.66. The van der Waals surface area contributed by atoms with Crippen LogP contribution in [0.15, 0.2) is 40.1 Å². The largest absolute Gasteiger partial charge is 0.478 e. The second-order valence-corrected chi connectivity index (χ2v) is 6.45. The van der Waals surface area contributed by atoms with Crippen molar-refractivity contribution >= 4 is 16.0 Å². The first-order valence-corrected chi connectivity index (χ1v) is 7.45. The molecule has 0 saturated carbocycles. The topological polar surface area (TPSA) is 101 Å². The molecule has 8 heteroatoms. The average molecular weight is 310 g/mol. The van der Waals surface area contributed by atoms with Gasteiger partial charge in [-0.3, -0.25) is 0 Å². The van der Waals surface area contributed by atoms with Crippen molar-refractivity contribution in [3.8, 4) is 0 Å². The van der Waals surface area contributed by atoms with Crippen molar-refractivity contribution in [2.45, 2.75) is 18.5 Å². The van der Waals surface area contributed by atoms with E-state index in [1.165, 1.54) is 25.4 Å². The van der Waals surface area contributed by atoms with E-state index >= 15 is 0 Å². The molecule has 112 valence electrons. The molecule has 1 N–H and O–H groups in total. The number of aromatic nitrogens is 1. The molecule has 7 nitrogen and oxygen atoms in total. The number of carboxylic acid groups (broad SMARTS) is 1. The van der Waals surface area contributed by atoms with Gasteiger partial charge in [0.15, 0.2) is 5.03 Å². The lowest BCUT2D eigenvalue weighted by Gasteiger charge is -2.16. The van der Waals surface area contributed by atoms with Crippen molar-refractivity contribution in [1.82, 2.24) is 9.29 Å². The number of carbonyl (C=O) groups is 1.